The summed E-state index contributed by atoms with van der Waals surface area (Å²) in [4.78, 5) is 13.6. The highest BCUT2D eigenvalue weighted by molar-refractivity contribution is 7.85. The number of hydroxylamine groups is 2. The predicted octanol–water partition coefficient (Wildman–Crippen LogP) is 5.57. The summed E-state index contributed by atoms with van der Waals surface area (Å²) in [7, 11) is -3.59. The van der Waals surface area contributed by atoms with Crippen LogP contribution in [0.2, 0.25) is 0 Å². The highest BCUT2D eigenvalue weighted by atomic mass is 31.2. The number of rotatable bonds is 8. The van der Waals surface area contributed by atoms with Crippen LogP contribution in [0.5, 0.6) is 0 Å². The van der Waals surface area contributed by atoms with Crippen molar-refractivity contribution in [3.63, 3.8) is 0 Å². The van der Waals surface area contributed by atoms with Gasteiger partial charge < -0.3 is 4.57 Å². The van der Waals surface area contributed by atoms with Crippen molar-refractivity contribution in [2.24, 2.45) is 5.10 Å². The van der Waals surface area contributed by atoms with E-state index in [2.05, 4.69) is 10.6 Å². The lowest BCUT2D eigenvalue weighted by Gasteiger charge is -2.24. The molecule has 0 atom stereocenters. The third-order valence-electron chi connectivity index (χ3n) is 7.02. The summed E-state index contributed by atoms with van der Waals surface area (Å²) in [6, 6.07) is 24.7. The Kier molecular flexibility index (Phi) is 8.88. The van der Waals surface area contributed by atoms with Crippen molar-refractivity contribution in [3.8, 4) is 0 Å². The number of halogens is 6. The first-order chi connectivity index (χ1) is 21.3. The molecule has 234 valence electrons. The fourth-order valence-corrected chi connectivity index (χ4v) is 7.80. The Morgan fingerprint density at radius 2 is 1.33 bits per heavy atom. The topological polar surface area (TPSA) is 85.2 Å². The first kappa shape index (κ1) is 32.0. The van der Waals surface area contributed by atoms with Gasteiger partial charge in [0.1, 0.15) is 0 Å². The summed E-state index contributed by atoms with van der Waals surface area (Å²) in [5.41, 5.74) is -0.517. The SMILES string of the molecule is O=C(c1ccccc1P(=O)(c1ccccc1)c1ccccc1)N(O)CC1=NNN(Cc2cc(C(F)(F)F)cc(C(F)(F)F)c2)C1. The summed E-state index contributed by atoms with van der Waals surface area (Å²) in [5, 5.41) is 17.5. The third kappa shape index (κ3) is 6.95. The molecule has 1 aliphatic heterocycles. The van der Waals surface area contributed by atoms with Gasteiger partial charge in [-0.2, -0.15) is 36.5 Å². The minimum atomic E-state index is -4.99. The van der Waals surface area contributed by atoms with Crippen molar-refractivity contribution in [1.82, 2.24) is 15.6 Å². The molecule has 1 heterocycles. The van der Waals surface area contributed by atoms with E-state index in [1.54, 1.807) is 78.9 Å². The maximum absolute atomic E-state index is 14.9. The molecule has 1 amide bonds. The quantitative estimate of drug-likeness (QED) is 0.113. The largest absolute Gasteiger partial charge is 0.416 e. The van der Waals surface area contributed by atoms with Gasteiger partial charge >= 0.3 is 12.4 Å². The molecule has 4 aromatic carbocycles. The second kappa shape index (κ2) is 12.5. The maximum Gasteiger partial charge on any atom is 0.416 e. The molecular weight excluding hydrogens is 621 g/mol. The number of nitrogens with one attached hydrogen (secondary N) is 1. The fraction of sp³-hybridized carbons (Fsp3) is 0.161. The predicted molar refractivity (Wildman–Crippen MR) is 156 cm³/mol. The van der Waals surface area contributed by atoms with Gasteiger partial charge in [-0.05, 0) is 29.8 Å². The van der Waals surface area contributed by atoms with Crippen LogP contribution in [-0.2, 0) is 23.5 Å². The molecule has 1 aliphatic rings. The van der Waals surface area contributed by atoms with E-state index >= 15 is 0 Å². The Labute approximate surface area is 253 Å². The maximum atomic E-state index is 14.9. The molecule has 4 aromatic rings. The number of benzene rings is 4. The van der Waals surface area contributed by atoms with Gasteiger partial charge in [-0.1, -0.05) is 78.9 Å². The molecule has 0 saturated heterocycles. The van der Waals surface area contributed by atoms with Crippen LogP contribution in [0, 0.1) is 0 Å². The average molecular weight is 647 g/mol. The van der Waals surface area contributed by atoms with E-state index in [0.717, 1.165) is 0 Å². The summed E-state index contributed by atoms with van der Waals surface area (Å²) in [6.45, 7) is -0.969. The Morgan fingerprint density at radius 1 is 0.822 bits per heavy atom. The van der Waals surface area contributed by atoms with Crippen molar-refractivity contribution >= 4 is 34.7 Å². The molecule has 0 radical (unpaired) electrons. The van der Waals surface area contributed by atoms with Gasteiger partial charge in [0.15, 0.2) is 7.14 Å². The van der Waals surface area contributed by atoms with Crippen molar-refractivity contribution in [1.29, 1.82) is 0 Å². The second-order valence-corrected chi connectivity index (χ2v) is 12.9. The highest BCUT2D eigenvalue weighted by Crippen LogP contribution is 2.43. The van der Waals surface area contributed by atoms with Gasteiger partial charge in [0.05, 0.1) is 35.5 Å². The molecule has 0 fully saturated rings. The van der Waals surface area contributed by atoms with E-state index in [-0.39, 0.29) is 41.3 Å². The molecule has 2 N–H and O–H groups in total. The summed E-state index contributed by atoms with van der Waals surface area (Å²) < 4.78 is 94.4. The van der Waals surface area contributed by atoms with Crippen LogP contribution in [0.3, 0.4) is 0 Å². The number of hydrazone groups is 1. The molecule has 0 aromatic heterocycles. The zero-order chi connectivity index (χ0) is 32.4. The van der Waals surface area contributed by atoms with E-state index < -0.39 is 43.1 Å². The smallest absolute Gasteiger partial charge is 0.309 e. The molecule has 7 nitrogen and oxygen atoms in total. The molecule has 5 rings (SSSR count). The number of alkyl halides is 6. The number of amides is 1. The van der Waals surface area contributed by atoms with E-state index in [4.69, 9.17) is 0 Å². The molecule has 45 heavy (non-hydrogen) atoms. The summed E-state index contributed by atoms with van der Waals surface area (Å²) >= 11 is 0. The van der Waals surface area contributed by atoms with Crippen LogP contribution in [0.1, 0.15) is 27.0 Å². The Balaban J connectivity index is 1.35. The lowest BCUT2D eigenvalue weighted by Crippen LogP contribution is -2.38. The Hall–Kier alpha value is -4.45. The lowest BCUT2D eigenvalue weighted by atomic mass is 10.0. The van der Waals surface area contributed by atoms with Crippen LogP contribution in [0.4, 0.5) is 26.3 Å². The van der Waals surface area contributed by atoms with E-state index in [1.165, 1.54) is 11.1 Å². The number of hydrazine groups is 1. The molecule has 0 unspecified atom stereocenters. The van der Waals surface area contributed by atoms with Crippen molar-refractivity contribution in [2.75, 3.05) is 13.1 Å². The van der Waals surface area contributed by atoms with Crippen molar-refractivity contribution in [3.05, 3.63) is 125 Å². The van der Waals surface area contributed by atoms with Gasteiger partial charge in [-0.15, -0.1) is 0 Å². The first-order valence-corrected chi connectivity index (χ1v) is 15.1. The van der Waals surface area contributed by atoms with Crippen LogP contribution in [0.15, 0.2) is 108 Å². The van der Waals surface area contributed by atoms with Crippen molar-refractivity contribution in [2.45, 2.75) is 18.9 Å². The van der Waals surface area contributed by atoms with Crippen molar-refractivity contribution < 1.29 is 40.9 Å². The Morgan fingerprint density at radius 3 is 1.87 bits per heavy atom. The minimum absolute atomic E-state index is 0.0249. The van der Waals surface area contributed by atoms with E-state index in [9.17, 15) is 40.9 Å². The Bertz CT molecular complexity index is 1690. The normalized spacial score (nSPS) is 14.2. The molecule has 0 bridgehead atoms. The number of hydrogen-bond acceptors (Lipinski definition) is 6. The zero-order valence-electron chi connectivity index (χ0n) is 23.3. The summed E-state index contributed by atoms with van der Waals surface area (Å²) in [5.74, 6) is -0.883. The molecule has 0 spiro atoms. The second-order valence-electron chi connectivity index (χ2n) is 10.2. The molecular formula is C31H25F6N4O3P. The highest BCUT2D eigenvalue weighted by Gasteiger charge is 2.38. The third-order valence-corrected chi connectivity index (χ3v) is 10.1. The number of carbonyl (C=O) groups is 1. The average Bonchev–Trinajstić information content (AvgIpc) is 3.46. The number of hydrogen-bond donors (Lipinski definition) is 2. The molecule has 14 heteroatoms. The van der Waals surface area contributed by atoms with Crippen LogP contribution in [-0.4, -0.2) is 40.0 Å². The van der Waals surface area contributed by atoms with Gasteiger partial charge in [0, 0.05) is 22.5 Å². The first-order valence-electron chi connectivity index (χ1n) is 13.4. The minimum Gasteiger partial charge on any atom is -0.309 e. The molecule has 0 saturated carbocycles. The van der Waals surface area contributed by atoms with Gasteiger partial charge in [0.2, 0.25) is 0 Å². The lowest BCUT2D eigenvalue weighted by molar-refractivity contribution is -0.143. The number of nitrogens with zero attached hydrogens (tertiary/aromatic N) is 3. The fourth-order valence-electron chi connectivity index (χ4n) is 4.96. The summed E-state index contributed by atoms with van der Waals surface area (Å²) in [6.07, 6.45) is -9.98. The zero-order valence-corrected chi connectivity index (χ0v) is 24.2. The van der Waals surface area contributed by atoms with Gasteiger partial charge in [-0.3, -0.25) is 10.0 Å². The molecule has 0 aliphatic carbocycles. The van der Waals surface area contributed by atoms with Gasteiger partial charge in [0.25, 0.3) is 5.91 Å². The van der Waals surface area contributed by atoms with Crippen LogP contribution < -0.4 is 21.4 Å². The van der Waals surface area contributed by atoms with Crippen LogP contribution >= 0.6 is 7.14 Å². The number of carbonyl (C=O) groups excluding carboxylic acids is 1. The van der Waals surface area contributed by atoms with Gasteiger partial charge in [-0.25, -0.2) is 10.6 Å². The van der Waals surface area contributed by atoms with E-state index in [1.807, 2.05) is 0 Å². The monoisotopic (exact) mass is 646 g/mol. The van der Waals surface area contributed by atoms with Crippen LogP contribution in [0.25, 0.3) is 0 Å². The van der Waals surface area contributed by atoms with E-state index in [0.29, 0.717) is 27.8 Å². The standard InChI is InChI=1S/C31H25F6N4O3P/c32-30(33,34)22-15-21(16-23(17-22)31(35,36)37)18-40-19-24(38-39-40)20-41(43)29(42)27-13-7-8-14-28(27)45(44,25-9-3-1-4-10-25)26-11-5-2-6-12-26/h1-17,39,43H,18-20H2.